The summed E-state index contributed by atoms with van der Waals surface area (Å²) in [6.07, 6.45) is 0.0241. The van der Waals surface area contributed by atoms with Gasteiger partial charge in [-0.25, -0.2) is 0 Å². The van der Waals surface area contributed by atoms with Gasteiger partial charge in [0, 0.05) is 13.0 Å². The summed E-state index contributed by atoms with van der Waals surface area (Å²) in [5, 5.41) is 13.1. The Hall–Kier alpha value is -2.90. The summed E-state index contributed by atoms with van der Waals surface area (Å²) in [4.78, 5) is 23.8. The molecule has 1 unspecified atom stereocenters. The number of rotatable bonds is 10. The van der Waals surface area contributed by atoms with E-state index in [4.69, 9.17) is 14.2 Å². The lowest BCUT2D eigenvalue weighted by Gasteiger charge is -2.20. The van der Waals surface area contributed by atoms with E-state index < -0.39 is 11.7 Å². The van der Waals surface area contributed by atoms with Crippen LogP contribution in [0, 0.1) is 0 Å². The van der Waals surface area contributed by atoms with Crippen LogP contribution in [0.15, 0.2) is 48.5 Å². The fourth-order valence-electron chi connectivity index (χ4n) is 2.79. The van der Waals surface area contributed by atoms with Crippen molar-refractivity contribution in [2.75, 3.05) is 20.2 Å². The molecule has 0 bridgehead atoms. The maximum absolute atomic E-state index is 12.1. The van der Waals surface area contributed by atoms with Crippen molar-refractivity contribution in [3.63, 3.8) is 0 Å². The van der Waals surface area contributed by atoms with Gasteiger partial charge in [0.05, 0.1) is 19.8 Å². The predicted molar refractivity (Wildman–Crippen MR) is 117 cm³/mol. The van der Waals surface area contributed by atoms with Crippen molar-refractivity contribution in [1.82, 2.24) is 5.32 Å². The third kappa shape index (κ3) is 9.19. The first-order valence-corrected chi connectivity index (χ1v) is 10.2. The zero-order valence-corrected chi connectivity index (χ0v) is 18.5. The molecule has 2 rings (SSSR count). The van der Waals surface area contributed by atoms with Crippen LogP contribution in [-0.4, -0.2) is 42.8 Å². The smallest absolute Gasteiger partial charge is 0.320 e. The number of ether oxygens (including phenoxy) is 3. The molecule has 168 valence electrons. The van der Waals surface area contributed by atoms with Crippen LogP contribution in [0.2, 0.25) is 0 Å². The van der Waals surface area contributed by atoms with Crippen LogP contribution in [0.4, 0.5) is 0 Å². The zero-order valence-electron chi connectivity index (χ0n) is 18.5. The molecular formula is C24H31NO6. The van der Waals surface area contributed by atoms with Gasteiger partial charge in [-0.05, 0) is 62.6 Å². The topological polar surface area (TPSA) is 94.1 Å². The molecule has 0 fully saturated rings. The summed E-state index contributed by atoms with van der Waals surface area (Å²) in [6, 6.07) is 14.2. The highest BCUT2D eigenvalue weighted by molar-refractivity contribution is 5.73. The van der Waals surface area contributed by atoms with Gasteiger partial charge >= 0.3 is 11.9 Å². The number of benzene rings is 2. The van der Waals surface area contributed by atoms with Crippen LogP contribution in [-0.2, 0) is 20.7 Å². The summed E-state index contributed by atoms with van der Waals surface area (Å²) in [5.74, 6) is 0.478. The van der Waals surface area contributed by atoms with Crippen molar-refractivity contribution in [1.29, 1.82) is 0 Å². The van der Waals surface area contributed by atoms with Gasteiger partial charge in [-0.3, -0.25) is 9.59 Å². The van der Waals surface area contributed by atoms with Gasteiger partial charge in [0.15, 0.2) is 0 Å². The summed E-state index contributed by atoms with van der Waals surface area (Å²) in [7, 11) is 1.61. The molecule has 0 heterocycles. The van der Waals surface area contributed by atoms with E-state index in [1.54, 1.807) is 52.1 Å². The minimum absolute atomic E-state index is 0.0121. The molecule has 2 N–H and O–H groups in total. The average Bonchev–Trinajstić information content (AvgIpc) is 2.71. The number of aliphatic hydroxyl groups excluding tert-OH is 1. The van der Waals surface area contributed by atoms with Crippen molar-refractivity contribution in [2.45, 2.75) is 45.3 Å². The molecule has 0 aliphatic rings. The van der Waals surface area contributed by atoms with E-state index in [2.05, 4.69) is 5.32 Å². The largest absolute Gasteiger partial charge is 0.497 e. The number of aliphatic hydroxyl groups is 1. The number of hydrogen-bond donors (Lipinski definition) is 2. The Labute approximate surface area is 183 Å². The van der Waals surface area contributed by atoms with Crippen LogP contribution in [0.1, 0.15) is 44.4 Å². The van der Waals surface area contributed by atoms with Crippen molar-refractivity contribution in [3.8, 4) is 11.5 Å². The normalized spacial score (nSPS) is 12.2. The molecule has 0 radical (unpaired) electrons. The second-order valence-electron chi connectivity index (χ2n) is 8.12. The molecule has 7 heteroatoms. The molecule has 7 nitrogen and oxygen atoms in total. The Kier molecular flexibility index (Phi) is 9.03. The van der Waals surface area contributed by atoms with E-state index in [-0.39, 0.29) is 31.4 Å². The lowest BCUT2D eigenvalue weighted by atomic mass is 10.1. The zero-order chi connectivity index (χ0) is 22.9. The van der Waals surface area contributed by atoms with Gasteiger partial charge in [-0.2, -0.15) is 0 Å². The standard InChI is InChI=1S/C24H31NO6/c1-24(2,3)31-23(28)16-25-15-21(26)18-8-12-20(13-9-18)30-22(27)14-7-17-5-10-19(29-4)11-6-17/h5-6,8-13,21,25-26H,7,14-16H2,1-4H3. The first kappa shape index (κ1) is 24.4. The fraction of sp³-hybridized carbons (Fsp3) is 0.417. The third-order valence-electron chi connectivity index (χ3n) is 4.30. The predicted octanol–water partition coefficient (Wildman–Crippen LogP) is 3.20. The van der Waals surface area contributed by atoms with E-state index in [0.29, 0.717) is 17.7 Å². The molecule has 0 aliphatic carbocycles. The van der Waals surface area contributed by atoms with E-state index in [0.717, 1.165) is 11.3 Å². The number of hydrogen-bond acceptors (Lipinski definition) is 7. The van der Waals surface area contributed by atoms with E-state index >= 15 is 0 Å². The molecule has 2 aromatic carbocycles. The molecule has 31 heavy (non-hydrogen) atoms. The Morgan fingerprint density at radius 1 is 0.968 bits per heavy atom. The van der Waals surface area contributed by atoms with Gasteiger partial charge in [0.25, 0.3) is 0 Å². The van der Waals surface area contributed by atoms with Crippen molar-refractivity contribution in [3.05, 3.63) is 59.7 Å². The van der Waals surface area contributed by atoms with Crippen molar-refractivity contribution < 1.29 is 28.9 Å². The molecule has 0 amide bonds. The van der Waals surface area contributed by atoms with E-state index in [1.165, 1.54) is 0 Å². The molecule has 0 saturated heterocycles. The Bertz CT molecular complexity index is 840. The summed E-state index contributed by atoms with van der Waals surface area (Å²) >= 11 is 0. The minimum atomic E-state index is -0.803. The first-order chi connectivity index (χ1) is 14.7. The summed E-state index contributed by atoms with van der Waals surface area (Å²) in [6.45, 7) is 5.60. The lowest BCUT2D eigenvalue weighted by molar-refractivity contribution is -0.153. The molecule has 0 spiro atoms. The lowest BCUT2D eigenvalue weighted by Crippen LogP contribution is -2.33. The quantitative estimate of drug-likeness (QED) is 0.442. The molecule has 0 aromatic heterocycles. The minimum Gasteiger partial charge on any atom is -0.497 e. The fourth-order valence-corrected chi connectivity index (χ4v) is 2.79. The molecule has 2 aromatic rings. The van der Waals surface area contributed by atoms with Gasteiger partial charge in [-0.15, -0.1) is 0 Å². The number of carbonyl (C=O) groups is 2. The Morgan fingerprint density at radius 2 is 1.58 bits per heavy atom. The van der Waals surface area contributed by atoms with Gasteiger partial charge in [0.1, 0.15) is 17.1 Å². The number of nitrogens with one attached hydrogen (secondary N) is 1. The van der Waals surface area contributed by atoms with Crippen LogP contribution in [0.3, 0.4) is 0 Å². The first-order valence-electron chi connectivity index (χ1n) is 10.2. The average molecular weight is 430 g/mol. The Morgan fingerprint density at radius 3 is 2.16 bits per heavy atom. The highest BCUT2D eigenvalue weighted by atomic mass is 16.6. The summed E-state index contributed by atoms with van der Waals surface area (Å²) < 4.78 is 15.7. The van der Waals surface area contributed by atoms with Crippen LogP contribution in [0.5, 0.6) is 11.5 Å². The van der Waals surface area contributed by atoms with Crippen LogP contribution >= 0.6 is 0 Å². The third-order valence-corrected chi connectivity index (χ3v) is 4.30. The van der Waals surface area contributed by atoms with E-state index in [1.807, 2.05) is 24.3 Å². The van der Waals surface area contributed by atoms with E-state index in [9.17, 15) is 14.7 Å². The number of aryl methyl sites for hydroxylation is 1. The molecule has 0 aliphatic heterocycles. The van der Waals surface area contributed by atoms with Crippen molar-refractivity contribution >= 4 is 11.9 Å². The number of carbonyl (C=O) groups excluding carboxylic acids is 2. The van der Waals surface area contributed by atoms with Gasteiger partial charge in [-0.1, -0.05) is 24.3 Å². The van der Waals surface area contributed by atoms with Crippen LogP contribution in [0.25, 0.3) is 0 Å². The molecular weight excluding hydrogens is 398 g/mol. The van der Waals surface area contributed by atoms with Gasteiger partial charge in [0.2, 0.25) is 0 Å². The Balaban J connectivity index is 1.74. The highest BCUT2D eigenvalue weighted by Crippen LogP contribution is 2.19. The SMILES string of the molecule is COc1ccc(CCC(=O)Oc2ccc(C(O)CNCC(=O)OC(C)(C)C)cc2)cc1. The van der Waals surface area contributed by atoms with Crippen molar-refractivity contribution in [2.24, 2.45) is 0 Å². The van der Waals surface area contributed by atoms with Crippen LogP contribution < -0.4 is 14.8 Å². The second-order valence-corrected chi connectivity index (χ2v) is 8.12. The molecule has 0 saturated carbocycles. The highest BCUT2D eigenvalue weighted by Gasteiger charge is 2.16. The second kappa shape index (κ2) is 11.5. The van der Waals surface area contributed by atoms with Gasteiger partial charge < -0.3 is 24.6 Å². The monoisotopic (exact) mass is 429 g/mol. The molecule has 1 atom stereocenters. The summed E-state index contributed by atoms with van der Waals surface area (Å²) in [5.41, 5.74) is 1.13. The number of esters is 2. The number of methoxy groups -OCH3 is 1. The maximum Gasteiger partial charge on any atom is 0.320 e. The maximum atomic E-state index is 12.1.